The van der Waals surface area contributed by atoms with E-state index in [1.54, 1.807) is 18.6 Å². The maximum atomic E-state index is 4.33. The van der Waals surface area contributed by atoms with Crippen molar-refractivity contribution in [1.29, 1.82) is 0 Å². The second-order valence-corrected chi connectivity index (χ2v) is 6.01. The van der Waals surface area contributed by atoms with Crippen molar-refractivity contribution < 1.29 is 0 Å². The summed E-state index contributed by atoms with van der Waals surface area (Å²) in [4.78, 5) is 8.41. The molecule has 0 fully saturated rings. The minimum atomic E-state index is 0.645. The molecule has 0 aliphatic rings. The Hall–Kier alpha value is -0.460. The van der Waals surface area contributed by atoms with Crippen molar-refractivity contribution in [3.63, 3.8) is 0 Å². The van der Waals surface area contributed by atoms with Gasteiger partial charge in [-0.25, -0.2) is 0 Å². The molecule has 1 N–H and O–H groups in total. The Balaban J connectivity index is 2.07. The van der Waals surface area contributed by atoms with E-state index in [0.29, 0.717) is 6.54 Å². The van der Waals surface area contributed by atoms with Crippen molar-refractivity contribution in [3.8, 4) is 0 Å². The third-order valence-corrected chi connectivity index (χ3v) is 3.60. The minimum Gasteiger partial charge on any atom is -0.378 e. The molecule has 2 heterocycles. The first-order valence-electron chi connectivity index (χ1n) is 4.79. The number of hydrogen-bond donors (Lipinski definition) is 1. The maximum absolute atomic E-state index is 4.33. The first kappa shape index (κ1) is 13.0. The van der Waals surface area contributed by atoms with E-state index in [1.165, 1.54) is 0 Å². The van der Waals surface area contributed by atoms with Crippen molar-refractivity contribution in [3.05, 3.63) is 49.8 Å². The maximum Gasteiger partial charge on any atom is 0.0737 e. The first-order chi connectivity index (χ1) is 8.15. The van der Waals surface area contributed by atoms with Gasteiger partial charge in [0.05, 0.1) is 24.1 Å². The predicted octanol–water partition coefficient (Wildman–Crippen LogP) is 4.38. The van der Waals surface area contributed by atoms with Crippen molar-refractivity contribution >= 4 is 53.5 Å². The van der Waals surface area contributed by atoms with Crippen molar-refractivity contribution in [2.45, 2.75) is 6.54 Å². The Morgan fingerprint density at radius 3 is 2.47 bits per heavy atom. The van der Waals surface area contributed by atoms with Crippen LogP contribution in [0.25, 0.3) is 0 Å². The van der Waals surface area contributed by atoms with E-state index >= 15 is 0 Å². The molecule has 0 aromatic carbocycles. The summed E-state index contributed by atoms with van der Waals surface area (Å²) in [7, 11) is 0. The van der Waals surface area contributed by atoms with Crippen molar-refractivity contribution in [2.75, 3.05) is 5.32 Å². The van der Waals surface area contributed by atoms with Crippen LogP contribution in [0.15, 0.2) is 44.1 Å². The van der Waals surface area contributed by atoms with Gasteiger partial charge in [0.1, 0.15) is 0 Å². The molecule has 0 spiro atoms. The lowest BCUT2D eigenvalue weighted by Crippen LogP contribution is -2.02. The van der Waals surface area contributed by atoms with E-state index in [1.807, 2.05) is 12.1 Å². The molecule has 0 bridgehead atoms. The summed E-state index contributed by atoms with van der Waals surface area (Å²) in [6, 6.07) is 3.95. The molecule has 3 nitrogen and oxygen atoms in total. The van der Waals surface area contributed by atoms with Gasteiger partial charge in [-0.15, -0.1) is 0 Å². The average Bonchev–Trinajstić information content (AvgIpc) is 2.28. The van der Waals surface area contributed by atoms with E-state index in [4.69, 9.17) is 0 Å². The Bertz CT molecular complexity index is 531. The van der Waals surface area contributed by atoms with E-state index in [0.717, 1.165) is 24.8 Å². The van der Waals surface area contributed by atoms with Gasteiger partial charge in [-0.3, -0.25) is 9.97 Å². The summed E-state index contributed by atoms with van der Waals surface area (Å²) in [5, 5.41) is 3.26. The Morgan fingerprint density at radius 1 is 1.00 bits per heavy atom. The van der Waals surface area contributed by atoms with Crippen LogP contribution in [0.5, 0.6) is 0 Å². The summed E-state index contributed by atoms with van der Waals surface area (Å²) in [5.74, 6) is 0. The standard InChI is InChI=1S/C11H8Br3N3/c12-7-1-9(5-15-3-7)16-6-11-10(14)2-8(13)4-17-11/h1-5,16H,6H2. The number of halogens is 3. The molecule has 0 atom stereocenters. The molecular weight excluding hydrogens is 414 g/mol. The van der Waals surface area contributed by atoms with E-state index in [-0.39, 0.29) is 0 Å². The minimum absolute atomic E-state index is 0.645. The number of nitrogens with one attached hydrogen (secondary N) is 1. The van der Waals surface area contributed by atoms with Gasteiger partial charge < -0.3 is 5.32 Å². The van der Waals surface area contributed by atoms with Gasteiger partial charge in [0.15, 0.2) is 0 Å². The Labute approximate surface area is 124 Å². The molecule has 0 saturated carbocycles. The largest absolute Gasteiger partial charge is 0.378 e. The fraction of sp³-hybridized carbons (Fsp3) is 0.0909. The van der Waals surface area contributed by atoms with Gasteiger partial charge >= 0.3 is 0 Å². The van der Waals surface area contributed by atoms with Crippen LogP contribution in [0, 0.1) is 0 Å². The van der Waals surface area contributed by atoms with Crippen LogP contribution in [0.2, 0.25) is 0 Å². The van der Waals surface area contributed by atoms with Gasteiger partial charge in [0.25, 0.3) is 0 Å². The Morgan fingerprint density at radius 2 is 1.76 bits per heavy atom. The summed E-state index contributed by atoms with van der Waals surface area (Å²) in [6.07, 6.45) is 5.30. The Kier molecular flexibility index (Phi) is 4.53. The van der Waals surface area contributed by atoms with E-state index < -0.39 is 0 Å². The summed E-state index contributed by atoms with van der Waals surface area (Å²) < 4.78 is 2.88. The lowest BCUT2D eigenvalue weighted by molar-refractivity contribution is 1.02. The number of hydrogen-bond acceptors (Lipinski definition) is 3. The van der Waals surface area contributed by atoms with Gasteiger partial charge in [-0.05, 0) is 59.9 Å². The molecule has 17 heavy (non-hydrogen) atoms. The molecule has 0 radical (unpaired) electrons. The molecule has 2 aromatic rings. The molecule has 88 valence electrons. The van der Waals surface area contributed by atoms with E-state index in [2.05, 4.69) is 63.1 Å². The molecule has 0 saturated heterocycles. The molecule has 0 aliphatic carbocycles. The van der Waals surface area contributed by atoms with E-state index in [9.17, 15) is 0 Å². The van der Waals surface area contributed by atoms with Crippen molar-refractivity contribution in [1.82, 2.24) is 9.97 Å². The predicted molar refractivity (Wildman–Crippen MR) is 78.9 cm³/mol. The zero-order valence-electron chi connectivity index (χ0n) is 8.62. The van der Waals surface area contributed by atoms with Crippen LogP contribution in [0.1, 0.15) is 5.69 Å². The van der Waals surface area contributed by atoms with Gasteiger partial charge in [0.2, 0.25) is 0 Å². The van der Waals surface area contributed by atoms with Gasteiger partial charge in [0, 0.05) is 25.8 Å². The number of nitrogens with zero attached hydrogens (tertiary/aromatic N) is 2. The fourth-order valence-corrected chi connectivity index (χ4v) is 2.76. The lowest BCUT2D eigenvalue weighted by Gasteiger charge is -2.07. The number of rotatable bonds is 3. The average molecular weight is 422 g/mol. The van der Waals surface area contributed by atoms with Crippen LogP contribution >= 0.6 is 47.8 Å². The smallest absolute Gasteiger partial charge is 0.0737 e. The van der Waals surface area contributed by atoms with Crippen LogP contribution in [-0.4, -0.2) is 9.97 Å². The highest BCUT2D eigenvalue weighted by Crippen LogP contribution is 2.21. The molecule has 0 amide bonds. The van der Waals surface area contributed by atoms with Crippen LogP contribution in [-0.2, 0) is 6.54 Å². The monoisotopic (exact) mass is 419 g/mol. The molecule has 2 aromatic heterocycles. The number of pyridine rings is 2. The van der Waals surface area contributed by atoms with Crippen LogP contribution in [0.4, 0.5) is 5.69 Å². The second-order valence-electron chi connectivity index (χ2n) is 3.33. The highest BCUT2D eigenvalue weighted by atomic mass is 79.9. The van der Waals surface area contributed by atoms with Crippen LogP contribution < -0.4 is 5.32 Å². The topological polar surface area (TPSA) is 37.8 Å². The normalized spacial score (nSPS) is 10.3. The second kappa shape index (κ2) is 5.93. The quantitative estimate of drug-likeness (QED) is 0.799. The third kappa shape index (κ3) is 3.76. The van der Waals surface area contributed by atoms with Crippen LogP contribution in [0.3, 0.4) is 0 Å². The zero-order valence-corrected chi connectivity index (χ0v) is 13.4. The molecule has 6 heteroatoms. The SMILES string of the molecule is Brc1cncc(NCc2ncc(Br)cc2Br)c1. The van der Waals surface area contributed by atoms with Crippen molar-refractivity contribution in [2.24, 2.45) is 0 Å². The summed E-state index contributed by atoms with van der Waals surface area (Å²) >= 11 is 10.2. The number of anilines is 1. The molecule has 2 rings (SSSR count). The molecule has 0 unspecified atom stereocenters. The number of aromatic nitrogens is 2. The highest BCUT2D eigenvalue weighted by Gasteiger charge is 2.02. The van der Waals surface area contributed by atoms with Gasteiger partial charge in [-0.2, -0.15) is 0 Å². The highest BCUT2D eigenvalue weighted by molar-refractivity contribution is 9.11. The van der Waals surface area contributed by atoms with Gasteiger partial charge in [-0.1, -0.05) is 0 Å². The molecule has 0 aliphatic heterocycles. The zero-order chi connectivity index (χ0) is 12.3. The third-order valence-electron chi connectivity index (χ3n) is 2.05. The fourth-order valence-electron chi connectivity index (χ4n) is 1.27. The first-order valence-corrected chi connectivity index (χ1v) is 7.17. The summed E-state index contributed by atoms with van der Waals surface area (Å²) in [6.45, 7) is 0.645. The summed E-state index contributed by atoms with van der Waals surface area (Å²) in [5.41, 5.74) is 1.91. The molecular formula is C11H8Br3N3. The lowest BCUT2D eigenvalue weighted by atomic mass is 10.3.